The van der Waals surface area contributed by atoms with Gasteiger partial charge in [0.2, 0.25) is 5.91 Å². The predicted octanol–water partition coefficient (Wildman–Crippen LogP) is 3.25. The third-order valence-corrected chi connectivity index (χ3v) is 6.74. The first-order valence-corrected chi connectivity index (χ1v) is 13.8. The zero-order valence-corrected chi connectivity index (χ0v) is 24.9. The molecule has 5 N–H and O–H groups in total. The van der Waals surface area contributed by atoms with Crippen LogP contribution in [0.4, 0.5) is 27.5 Å². The zero-order valence-electron chi connectivity index (χ0n) is 24.9. The van der Waals surface area contributed by atoms with Crippen LogP contribution in [0.2, 0.25) is 0 Å². The molecule has 1 aliphatic rings. The van der Waals surface area contributed by atoms with E-state index >= 15 is 0 Å². The fourth-order valence-corrected chi connectivity index (χ4v) is 4.55. The fraction of sp³-hybridized carbons (Fsp3) is 0.345. The van der Waals surface area contributed by atoms with Crippen molar-refractivity contribution in [1.82, 2.24) is 4.90 Å². The number of carbonyl (C=O) groups is 3. The summed E-state index contributed by atoms with van der Waals surface area (Å²) in [5, 5.41) is 38.4. The summed E-state index contributed by atoms with van der Waals surface area (Å²) >= 11 is 0. The number of anilines is 2. The molecule has 1 fully saturated rings. The van der Waals surface area contributed by atoms with Crippen molar-refractivity contribution in [2.75, 3.05) is 57.6 Å². The number of nitro benzene ring substituents is 2. The van der Waals surface area contributed by atoms with Gasteiger partial charge in [-0.1, -0.05) is 24.0 Å². The average molecular weight is 641 g/mol. The van der Waals surface area contributed by atoms with Gasteiger partial charge in [-0.15, -0.1) is 0 Å². The zero-order chi connectivity index (χ0) is 33.8. The van der Waals surface area contributed by atoms with Crippen LogP contribution in [-0.4, -0.2) is 84.8 Å². The van der Waals surface area contributed by atoms with Gasteiger partial charge in [0.05, 0.1) is 29.6 Å². The highest BCUT2D eigenvalue weighted by atomic mass is 16.6. The lowest BCUT2D eigenvalue weighted by atomic mass is 9.99. The molecular weight excluding hydrogens is 608 g/mol. The molecule has 2 amide bonds. The minimum Gasteiger partial charge on any atom is -0.494 e. The number of carboxylic acid groups (broad SMARTS) is 1. The SMILES string of the molecule is COC(=O)c1cc(OC)c(NCC=CCNc2c(OCC#CC3CCCN(C(=O)O)C3)cc(C(N)=O)cc2[N+](=O)[O-])c([N+](=O)[O-])c1. The summed E-state index contributed by atoms with van der Waals surface area (Å²) in [5.74, 6) is 3.89. The fourth-order valence-electron chi connectivity index (χ4n) is 4.55. The molecule has 2 aromatic carbocycles. The number of amides is 2. The predicted molar refractivity (Wildman–Crippen MR) is 164 cm³/mol. The van der Waals surface area contributed by atoms with E-state index in [1.165, 1.54) is 24.1 Å². The van der Waals surface area contributed by atoms with Gasteiger partial charge in [-0.05, 0) is 25.0 Å². The lowest BCUT2D eigenvalue weighted by Gasteiger charge is -2.27. The van der Waals surface area contributed by atoms with Gasteiger partial charge < -0.3 is 40.6 Å². The Morgan fingerprint density at radius 2 is 1.61 bits per heavy atom. The van der Waals surface area contributed by atoms with E-state index in [0.717, 1.165) is 19.2 Å². The number of carbonyl (C=O) groups excluding carboxylic acids is 2. The molecule has 17 heteroatoms. The number of rotatable bonds is 13. The Labute approximate surface area is 262 Å². The molecule has 0 aromatic heterocycles. The van der Waals surface area contributed by atoms with Gasteiger partial charge in [-0.2, -0.15) is 0 Å². The summed E-state index contributed by atoms with van der Waals surface area (Å²) in [6.07, 6.45) is 3.54. The smallest absolute Gasteiger partial charge is 0.407 e. The molecule has 17 nitrogen and oxygen atoms in total. The molecule has 0 aliphatic carbocycles. The van der Waals surface area contributed by atoms with Crippen LogP contribution in [-0.2, 0) is 4.74 Å². The molecule has 244 valence electrons. The van der Waals surface area contributed by atoms with E-state index < -0.39 is 39.2 Å². The van der Waals surface area contributed by atoms with Crippen molar-refractivity contribution in [3.05, 3.63) is 67.8 Å². The molecule has 0 bridgehead atoms. The number of nitrogens with zero attached hydrogens (tertiary/aromatic N) is 3. The van der Waals surface area contributed by atoms with Crippen LogP contribution in [0.1, 0.15) is 33.6 Å². The highest BCUT2D eigenvalue weighted by Gasteiger charge is 2.25. The molecule has 3 rings (SSSR count). The van der Waals surface area contributed by atoms with Crippen molar-refractivity contribution >= 4 is 40.7 Å². The van der Waals surface area contributed by atoms with Crippen molar-refractivity contribution in [2.45, 2.75) is 12.8 Å². The van der Waals surface area contributed by atoms with Gasteiger partial charge in [0.1, 0.15) is 12.4 Å². The van der Waals surface area contributed by atoms with Gasteiger partial charge in [-0.3, -0.25) is 25.0 Å². The van der Waals surface area contributed by atoms with Crippen molar-refractivity contribution in [3.8, 4) is 23.3 Å². The van der Waals surface area contributed by atoms with Crippen LogP contribution in [0.25, 0.3) is 0 Å². The maximum atomic E-state index is 11.9. The molecule has 0 saturated carbocycles. The van der Waals surface area contributed by atoms with Crippen molar-refractivity contribution in [1.29, 1.82) is 0 Å². The molecule has 0 spiro atoms. The Morgan fingerprint density at radius 3 is 2.15 bits per heavy atom. The average Bonchev–Trinajstić information content (AvgIpc) is 3.03. The van der Waals surface area contributed by atoms with Gasteiger partial charge in [-0.25, -0.2) is 9.59 Å². The van der Waals surface area contributed by atoms with Gasteiger partial charge in [0.25, 0.3) is 11.4 Å². The monoisotopic (exact) mass is 640 g/mol. The highest BCUT2D eigenvalue weighted by molar-refractivity contribution is 5.96. The molecule has 46 heavy (non-hydrogen) atoms. The number of methoxy groups -OCH3 is 2. The lowest BCUT2D eigenvalue weighted by Crippen LogP contribution is -2.38. The van der Waals surface area contributed by atoms with E-state index in [-0.39, 0.29) is 66.2 Å². The molecule has 1 atom stereocenters. The molecular formula is C29H32N6O11. The van der Waals surface area contributed by atoms with E-state index in [1.807, 2.05) is 0 Å². The number of primary amides is 1. The van der Waals surface area contributed by atoms with Crippen LogP contribution >= 0.6 is 0 Å². The number of nitrogens with two attached hydrogens (primary N) is 1. The summed E-state index contributed by atoms with van der Waals surface area (Å²) < 4.78 is 15.5. The first-order valence-electron chi connectivity index (χ1n) is 13.8. The Hall–Kier alpha value is -6.05. The van der Waals surface area contributed by atoms with E-state index in [9.17, 15) is 39.7 Å². The van der Waals surface area contributed by atoms with E-state index in [0.29, 0.717) is 19.4 Å². The highest BCUT2D eigenvalue weighted by Crippen LogP contribution is 2.37. The number of hydrogen-bond donors (Lipinski definition) is 4. The largest absolute Gasteiger partial charge is 0.494 e. The molecule has 2 aromatic rings. The van der Waals surface area contributed by atoms with Gasteiger partial charge >= 0.3 is 12.1 Å². The third kappa shape index (κ3) is 8.98. The second-order valence-electron chi connectivity index (χ2n) is 9.72. The molecule has 1 saturated heterocycles. The third-order valence-electron chi connectivity index (χ3n) is 6.74. The quantitative estimate of drug-likeness (QED) is 0.0809. The summed E-state index contributed by atoms with van der Waals surface area (Å²) in [6.45, 7) is 0.600. The first kappa shape index (κ1) is 34.4. The molecule has 1 heterocycles. The Bertz CT molecular complexity index is 1600. The van der Waals surface area contributed by atoms with E-state index in [4.69, 9.17) is 15.2 Å². The first-order chi connectivity index (χ1) is 22.0. The van der Waals surface area contributed by atoms with E-state index in [2.05, 4.69) is 27.2 Å². The number of likely N-dealkylation sites (tertiary alicyclic amines) is 1. The topological polar surface area (TPSA) is 239 Å². The molecule has 1 unspecified atom stereocenters. The van der Waals surface area contributed by atoms with Crippen LogP contribution in [0.15, 0.2) is 36.4 Å². The number of nitrogens with one attached hydrogen (secondary N) is 2. The summed E-state index contributed by atoms with van der Waals surface area (Å²) in [7, 11) is 2.43. The number of benzene rings is 2. The second kappa shape index (κ2) is 16.1. The maximum Gasteiger partial charge on any atom is 0.407 e. The van der Waals surface area contributed by atoms with Crippen molar-refractivity contribution in [3.63, 3.8) is 0 Å². The summed E-state index contributed by atoms with van der Waals surface area (Å²) in [6, 6.07) is 4.62. The Morgan fingerprint density at radius 1 is 1.02 bits per heavy atom. The Balaban J connectivity index is 1.73. The number of piperidine rings is 1. The van der Waals surface area contributed by atoms with Crippen LogP contribution in [0, 0.1) is 38.0 Å². The second-order valence-corrected chi connectivity index (χ2v) is 9.72. The summed E-state index contributed by atoms with van der Waals surface area (Å²) in [5.41, 5.74) is 4.24. The minimum absolute atomic E-state index is 0.0242. The normalized spacial score (nSPS) is 14.0. The van der Waals surface area contributed by atoms with Crippen LogP contribution in [0.5, 0.6) is 11.5 Å². The standard InChI is InChI=1S/C29H32N6O11/c1-44-23-16-20(28(37)45-2)14-22(35(42)43)25(23)31-9-3-4-10-32-26-21(34(40)41)13-19(27(30)36)15-24(26)46-12-6-8-18-7-5-11-33(17-18)29(38)39/h3-4,13-16,18,31-32H,5,7,9-12,17H2,1-2H3,(H2,30,36)(H,38,39). The number of ether oxygens (including phenoxy) is 3. The maximum absolute atomic E-state index is 11.9. The van der Waals surface area contributed by atoms with Crippen LogP contribution < -0.4 is 25.8 Å². The van der Waals surface area contributed by atoms with Crippen molar-refractivity contribution < 1.29 is 43.5 Å². The van der Waals surface area contributed by atoms with Gasteiger partial charge in [0.15, 0.2) is 17.1 Å². The van der Waals surface area contributed by atoms with Crippen LogP contribution in [0.3, 0.4) is 0 Å². The van der Waals surface area contributed by atoms with Gasteiger partial charge in [0, 0.05) is 49.8 Å². The molecule has 0 radical (unpaired) electrons. The summed E-state index contributed by atoms with van der Waals surface area (Å²) in [4.78, 5) is 58.4. The number of nitro groups is 2. The number of esters is 1. The van der Waals surface area contributed by atoms with E-state index in [1.54, 1.807) is 12.2 Å². The number of hydrogen-bond acceptors (Lipinski definition) is 12. The minimum atomic E-state index is -1.02. The van der Waals surface area contributed by atoms with Crippen molar-refractivity contribution in [2.24, 2.45) is 11.7 Å². The molecule has 1 aliphatic heterocycles. The Kier molecular flexibility index (Phi) is 12.1. The lowest BCUT2D eigenvalue weighted by molar-refractivity contribution is -0.384.